The van der Waals surface area contributed by atoms with Gasteiger partial charge in [-0.25, -0.2) is 0 Å². The number of rotatable bonds is 4. The molecule has 1 aromatic carbocycles. The number of carbonyl (C=O) groups excluding carboxylic acids is 1. The van der Waals surface area contributed by atoms with Crippen LogP contribution in [0.5, 0.6) is 0 Å². The number of hydrogen-bond acceptors (Lipinski definition) is 2. The topological polar surface area (TPSA) is 45.1 Å². The van der Waals surface area contributed by atoms with E-state index in [1.54, 1.807) is 0 Å². The van der Waals surface area contributed by atoms with Crippen molar-refractivity contribution in [2.75, 3.05) is 0 Å². The predicted molar refractivity (Wildman–Crippen MR) is 68.1 cm³/mol. The molecule has 0 fully saturated rings. The molecule has 0 saturated carbocycles. The molecule has 0 N–H and O–H groups in total. The summed E-state index contributed by atoms with van der Waals surface area (Å²) in [5, 5.41) is 11.4. The molecule has 4 heteroatoms. The maximum Gasteiger partial charge on any atom is 1.00 e. The molecule has 0 aliphatic heterocycles. The number of aliphatic carboxylic acids is 1. The van der Waals surface area contributed by atoms with Crippen LogP contribution in [-0.4, -0.2) is 10.5 Å². The van der Waals surface area contributed by atoms with Crippen molar-refractivity contribution in [3.63, 3.8) is 0 Å². The number of aryl methyl sites for hydroxylation is 2. The van der Waals surface area contributed by atoms with E-state index in [0.29, 0.717) is 6.42 Å². The van der Waals surface area contributed by atoms with Crippen LogP contribution in [0.25, 0.3) is 0 Å². The first-order valence-electron chi connectivity index (χ1n) is 5.99. The van der Waals surface area contributed by atoms with Gasteiger partial charge in [-0.15, -0.1) is 0 Å². The van der Waals surface area contributed by atoms with Crippen molar-refractivity contribution in [1.29, 1.82) is 0 Å². The summed E-state index contributed by atoms with van der Waals surface area (Å²) in [5.41, 5.74) is 2.88. The summed E-state index contributed by atoms with van der Waals surface area (Å²) in [6, 6.07) is 12.8. The van der Waals surface area contributed by atoms with E-state index in [9.17, 15) is 9.90 Å². The van der Waals surface area contributed by atoms with Gasteiger partial charge in [0.25, 0.3) is 0 Å². The van der Waals surface area contributed by atoms with Gasteiger partial charge in [-0.3, -0.25) is 0 Å². The molecular weight excluding hydrogens is 265 g/mol. The fourth-order valence-electron chi connectivity index (χ4n) is 2.29. The molecule has 1 atom stereocenters. The fraction of sp³-hybridized carbons (Fsp3) is 0.267. The minimum atomic E-state index is -1.04. The summed E-state index contributed by atoms with van der Waals surface area (Å²) in [5.74, 6) is -1.04. The quantitative estimate of drug-likeness (QED) is 0.650. The van der Waals surface area contributed by atoms with Gasteiger partial charge >= 0.3 is 51.4 Å². The van der Waals surface area contributed by atoms with E-state index in [1.807, 2.05) is 60.9 Å². The van der Waals surface area contributed by atoms with E-state index in [2.05, 4.69) is 0 Å². The third-order valence-corrected chi connectivity index (χ3v) is 3.18. The maximum absolute atomic E-state index is 11.4. The van der Waals surface area contributed by atoms with Crippen molar-refractivity contribution in [3.05, 3.63) is 59.4 Å². The number of benzene rings is 1. The van der Waals surface area contributed by atoms with Crippen molar-refractivity contribution < 1.29 is 61.3 Å². The molecule has 1 unspecified atom stereocenters. The van der Waals surface area contributed by atoms with Gasteiger partial charge in [0.1, 0.15) is 0 Å². The third-order valence-electron chi connectivity index (χ3n) is 3.18. The van der Waals surface area contributed by atoms with Crippen LogP contribution in [-0.2, 0) is 11.2 Å². The van der Waals surface area contributed by atoms with Crippen molar-refractivity contribution >= 4 is 5.97 Å². The Balaban J connectivity index is 0.00000180. The average molecular weight is 281 g/mol. The molecule has 1 aromatic heterocycles. The van der Waals surface area contributed by atoms with Crippen molar-refractivity contribution in [1.82, 2.24) is 4.57 Å². The molecule has 0 amide bonds. The van der Waals surface area contributed by atoms with Crippen LogP contribution >= 0.6 is 0 Å². The fourth-order valence-corrected chi connectivity index (χ4v) is 2.29. The summed E-state index contributed by atoms with van der Waals surface area (Å²) in [6.07, 6.45) is 0.444. The number of hydrogen-bond donors (Lipinski definition) is 0. The van der Waals surface area contributed by atoms with Crippen molar-refractivity contribution in [2.24, 2.45) is 0 Å². The Bertz CT molecular complexity index is 529. The molecule has 3 nitrogen and oxygen atoms in total. The molecule has 0 bridgehead atoms. The third kappa shape index (κ3) is 4.03. The van der Waals surface area contributed by atoms with E-state index in [0.717, 1.165) is 17.0 Å². The van der Waals surface area contributed by atoms with Gasteiger partial charge in [0.15, 0.2) is 0 Å². The Hall–Kier alpha value is -0.394. The van der Waals surface area contributed by atoms with Crippen LogP contribution in [0.2, 0.25) is 0 Å². The number of aromatic nitrogens is 1. The summed E-state index contributed by atoms with van der Waals surface area (Å²) >= 11 is 0. The Labute approximate surface area is 156 Å². The van der Waals surface area contributed by atoms with Crippen LogP contribution in [0, 0.1) is 13.8 Å². The van der Waals surface area contributed by atoms with Crippen molar-refractivity contribution in [2.45, 2.75) is 26.3 Å². The number of carboxylic acid groups (broad SMARTS) is 1. The van der Waals surface area contributed by atoms with Gasteiger partial charge in [0.2, 0.25) is 0 Å². The summed E-state index contributed by atoms with van der Waals surface area (Å²) in [4.78, 5) is 11.4. The van der Waals surface area contributed by atoms with Gasteiger partial charge in [-0.2, -0.15) is 0 Å². The molecule has 19 heavy (non-hydrogen) atoms. The number of nitrogens with zero attached hydrogens (tertiary/aromatic N) is 1. The SMILES string of the molecule is Cc1ccc(C)n1C(Cc1ccccc1)C(=O)[O-].[K+]. The molecule has 94 valence electrons. The first-order chi connectivity index (χ1) is 8.59. The van der Waals surface area contributed by atoms with E-state index in [-0.39, 0.29) is 51.4 Å². The Morgan fingerprint density at radius 3 is 2.11 bits per heavy atom. The second-order valence-corrected chi connectivity index (χ2v) is 4.51. The molecule has 2 aromatic rings. The number of carbonyl (C=O) groups is 1. The molecule has 0 radical (unpaired) electrons. The predicted octanol–water partition coefficient (Wildman–Crippen LogP) is -1.36. The normalized spacial score (nSPS) is 11.7. The minimum absolute atomic E-state index is 0. The van der Waals surface area contributed by atoms with E-state index in [1.165, 1.54) is 0 Å². The van der Waals surface area contributed by atoms with Gasteiger partial charge in [-0.05, 0) is 38.0 Å². The Kier molecular flexibility index (Phi) is 6.49. The molecule has 2 rings (SSSR count). The molecule has 0 spiro atoms. The minimum Gasteiger partial charge on any atom is -0.548 e. The number of carboxylic acids is 1. The summed E-state index contributed by atoms with van der Waals surface area (Å²) < 4.78 is 1.82. The monoisotopic (exact) mass is 281 g/mol. The van der Waals surface area contributed by atoms with Gasteiger partial charge in [0.05, 0.1) is 12.0 Å². The molecule has 0 saturated heterocycles. The smallest absolute Gasteiger partial charge is 0.548 e. The maximum atomic E-state index is 11.4. The Morgan fingerprint density at radius 1 is 1.11 bits per heavy atom. The van der Waals surface area contributed by atoms with Gasteiger partial charge in [-0.1, -0.05) is 30.3 Å². The zero-order valence-corrected chi connectivity index (χ0v) is 14.7. The zero-order chi connectivity index (χ0) is 13.1. The first-order valence-corrected chi connectivity index (χ1v) is 5.99. The van der Waals surface area contributed by atoms with E-state index in [4.69, 9.17) is 0 Å². The average Bonchev–Trinajstić information content (AvgIpc) is 2.67. The molecule has 0 aliphatic carbocycles. The summed E-state index contributed by atoms with van der Waals surface area (Å²) in [7, 11) is 0. The second-order valence-electron chi connectivity index (χ2n) is 4.51. The largest absolute Gasteiger partial charge is 1.00 e. The summed E-state index contributed by atoms with van der Waals surface area (Å²) in [6.45, 7) is 3.82. The molecule has 0 aliphatic rings. The van der Waals surface area contributed by atoms with E-state index < -0.39 is 12.0 Å². The standard InChI is InChI=1S/C15H17NO2.K/c1-11-8-9-12(2)16(11)14(15(17)18)10-13-6-4-3-5-7-13;/h3-9,14H,10H2,1-2H3,(H,17,18);/q;+1/p-1. The zero-order valence-electron chi connectivity index (χ0n) is 11.6. The first kappa shape index (κ1) is 16.7. The molecular formula is C15H16KNO2. The van der Waals surface area contributed by atoms with Crippen LogP contribution < -0.4 is 56.5 Å². The van der Waals surface area contributed by atoms with E-state index >= 15 is 0 Å². The Morgan fingerprint density at radius 2 is 1.63 bits per heavy atom. The van der Waals surface area contributed by atoms with Crippen LogP contribution in [0.1, 0.15) is 23.0 Å². The van der Waals surface area contributed by atoms with Gasteiger partial charge in [0, 0.05) is 11.4 Å². The molecule has 1 heterocycles. The van der Waals surface area contributed by atoms with Crippen LogP contribution in [0.15, 0.2) is 42.5 Å². The van der Waals surface area contributed by atoms with Crippen molar-refractivity contribution in [3.8, 4) is 0 Å². The van der Waals surface area contributed by atoms with Crippen LogP contribution in [0.3, 0.4) is 0 Å². The van der Waals surface area contributed by atoms with Gasteiger partial charge < -0.3 is 14.5 Å². The van der Waals surface area contributed by atoms with Crippen LogP contribution in [0.4, 0.5) is 0 Å². The second kappa shape index (κ2) is 7.40.